The molecule has 0 aliphatic heterocycles. The molecule has 0 aromatic heterocycles. The quantitative estimate of drug-likeness (QED) is 0.440. The van der Waals surface area contributed by atoms with E-state index in [0.29, 0.717) is 12.3 Å². The Morgan fingerprint density at radius 1 is 1.14 bits per heavy atom. The second-order valence-electron chi connectivity index (χ2n) is 6.21. The minimum Gasteiger partial charge on any atom is -0.202 e. The first-order valence-electron chi connectivity index (χ1n) is 7.28. The van der Waals surface area contributed by atoms with Crippen molar-refractivity contribution in [1.82, 2.24) is 0 Å². The van der Waals surface area contributed by atoms with Gasteiger partial charge in [-0.15, -0.1) is 0 Å². The van der Waals surface area contributed by atoms with Crippen molar-refractivity contribution in [2.45, 2.75) is 53.4 Å². The Kier molecular flexibility index (Phi) is 8.16. The van der Waals surface area contributed by atoms with Crippen LogP contribution in [0.25, 0.3) is 0 Å². The number of hydrogen-bond donors (Lipinski definition) is 0. The fraction of sp³-hybridized carbons (Fsp3) is 0.474. The van der Waals surface area contributed by atoms with Crippen LogP contribution in [-0.2, 0) is 0 Å². The highest BCUT2D eigenvalue weighted by Crippen LogP contribution is 2.24. The third kappa shape index (κ3) is 10.0. The number of halogens is 2. The van der Waals surface area contributed by atoms with E-state index in [1.807, 2.05) is 32.1 Å². The van der Waals surface area contributed by atoms with Gasteiger partial charge in [-0.3, -0.25) is 0 Å². The van der Waals surface area contributed by atoms with Crippen molar-refractivity contribution in [2.24, 2.45) is 5.92 Å². The van der Waals surface area contributed by atoms with E-state index in [0.717, 1.165) is 30.1 Å². The monoisotopic (exact) mass is 294 g/mol. The number of hydrogen-bond acceptors (Lipinski definition) is 0. The second-order valence-corrected chi connectivity index (χ2v) is 6.21. The molecule has 21 heavy (non-hydrogen) atoms. The summed E-state index contributed by atoms with van der Waals surface area (Å²) in [6, 6.07) is 0. The SMILES string of the molecule is C=C(/C=C\C=C(/C)C/C(C)=C/C(=C)C(C)(F)F)CC(C)C. The van der Waals surface area contributed by atoms with E-state index in [9.17, 15) is 8.78 Å². The smallest absolute Gasteiger partial charge is 0.202 e. The van der Waals surface area contributed by atoms with Gasteiger partial charge in [-0.25, -0.2) is 8.78 Å². The average Bonchev–Trinajstić information content (AvgIpc) is 2.25. The van der Waals surface area contributed by atoms with Crippen molar-refractivity contribution in [1.29, 1.82) is 0 Å². The number of alkyl halides is 2. The predicted molar refractivity (Wildman–Crippen MR) is 89.6 cm³/mol. The Morgan fingerprint density at radius 3 is 2.19 bits per heavy atom. The average molecular weight is 294 g/mol. The van der Waals surface area contributed by atoms with Crippen LogP contribution in [-0.4, -0.2) is 5.92 Å². The minimum atomic E-state index is -2.85. The van der Waals surface area contributed by atoms with E-state index in [-0.39, 0.29) is 5.57 Å². The highest BCUT2D eigenvalue weighted by Gasteiger charge is 2.23. The maximum absolute atomic E-state index is 13.0. The number of rotatable bonds is 8. The Morgan fingerprint density at radius 2 is 1.71 bits per heavy atom. The van der Waals surface area contributed by atoms with Crippen molar-refractivity contribution in [3.8, 4) is 0 Å². The summed E-state index contributed by atoms with van der Waals surface area (Å²) in [5.41, 5.74) is 2.95. The van der Waals surface area contributed by atoms with Crippen molar-refractivity contribution < 1.29 is 8.78 Å². The van der Waals surface area contributed by atoms with E-state index < -0.39 is 5.92 Å². The molecule has 0 saturated carbocycles. The molecule has 2 heteroatoms. The van der Waals surface area contributed by atoms with E-state index in [2.05, 4.69) is 27.0 Å². The molecule has 0 aliphatic carbocycles. The van der Waals surface area contributed by atoms with Gasteiger partial charge in [0.15, 0.2) is 0 Å². The Labute approximate surface area is 128 Å². The minimum absolute atomic E-state index is 0.145. The van der Waals surface area contributed by atoms with Gasteiger partial charge in [-0.2, -0.15) is 0 Å². The molecule has 0 unspecified atom stereocenters. The van der Waals surface area contributed by atoms with Crippen LogP contribution in [0.4, 0.5) is 8.78 Å². The molecule has 0 nitrogen and oxygen atoms in total. The zero-order valence-corrected chi connectivity index (χ0v) is 14.0. The zero-order valence-electron chi connectivity index (χ0n) is 14.0. The van der Waals surface area contributed by atoms with Gasteiger partial charge in [0.1, 0.15) is 0 Å². The van der Waals surface area contributed by atoms with Gasteiger partial charge in [-0.1, -0.05) is 68.0 Å². The summed E-state index contributed by atoms with van der Waals surface area (Å²) in [7, 11) is 0. The molecule has 0 aromatic carbocycles. The fourth-order valence-corrected chi connectivity index (χ4v) is 1.91. The van der Waals surface area contributed by atoms with Crippen LogP contribution >= 0.6 is 0 Å². The summed E-state index contributed by atoms with van der Waals surface area (Å²) in [6.07, 6.45) is 9.08. The van der Waals surface area contributed by atoms with Crippen LogP contribution < -0.4 is 0 Å². The van der Waals surface area contributed by atoms with E-state index >= 15 is 0 Å². The van der Waals surface area contributed by atoms with Crippen LogP contribution in [0.1, 0.15) is 47.5 Å². The van der Waals surface area contributed by atoms with Crippen molar-refractivity contribution in [3.63, 3.8) is 0 Å². The first-order valence-corrected chi connectivity index (χ1v) is 7.28. The summed E-state index contributed by atoms with van der Waals surface area (Å²) in [5, 5.41) is 0. The summed E-state index contributed by atoms with van der Waals surface area (Å²) in [4.78, 5) is 0. The van der Waals surface area contributed by atoms with E-state index in [4.69, 9.17) is 0 Å². The first kappa shape index (κ1) is 19.6. The van der Waals surface area contributed by atoms with Gasteiger partial charge in [0, 0.05) is 12.5 Å². The van der Waals surface area contributed by atoms with Crippen LogP contribution in [0.3, 0.4) is 0 Å². The predicted octanol–water partition coefficient (Wildman–Crippen LogP) is 6.64. The Hall–Kier alpha value is -1.44. The number of allylic oxidation sites excluding steroid dienone is 8. The summed E-state index contributed by atoms with van der Waals surface area (Å²) >= 11 is 0. The maximum Gasteiger partial charge on any atom is 0.269 e. The summed E-state index contributed by atoms with van der Waals surface area (Å²) in [6.45, 7) is 16.4. The van der Waals surface area contributed by atoms with Crippen molar-refractivity contribution in [2.75, 3.05) is 0 Å². The van der Waals surface area contributed by atoms with Crippen LogP contribution in [0.5, 0.6) is 0 Å². The molecule has 0 bridgehead atoms. The molecule has 0 spiro atoms. The highest BCUT2D eigenvalue weighted by molar-refractivity contribution is 5.29. The van der Waals surface area contributed by atoms with Crippen LogP contribution in [0.2, 0.25) is 0 Å². The molecule has 0 heterocycles. The lowest BCUT2D eigenvalue weighted by Gasteiger charge is -2.11. The molecular formula is C19H28F2. The first-order chi connectivity index (χ1) is 9.52. The molecule has 0 N–H and O–H groups in total. The summed E-state index contributed by atoms with van der Waals surface area (Å²) < 4.78 is 26.1. The summed E-state index contributed by atoms with van der Waals surface area (Å²) in [5.74, 6) is -2.26. The van der Waals surface area contributed by atoms with Gasteiger partial charge in [0.25, 0.3) is 5.92 Å². The van der Waals surface area contributed by atoms with Crippen molar-refractivity contribution >= 4 is 0 Å². The molecular weight excluding hydrogens is 266 g/mol. The molecule has 0 rings (SSSR count). The molecule has 118 valence electrons. The molecule has 0 atom stereocenters. The maximum atomic E-state index is 13.0. The lowest BCUT2D eigenvalue weighted by Crippen LogP contribution is -2.11. The van der Waals surface area contributed by atoms with Crippen molar-refractivity contribution in [3.05, 3.63) is 59.8 Å². The zero-order chi connectivity index (χ0) is 16.6. The van der Waals surface area contributed by atoms with Gasteiger partial charge in [0.05, 0.1) is 0 Å². The van der Waals surface area contributed by atoms with E-state index in [1.165, 1.54) is 6.08 Å². The normalized spacial score (nSPS) is 14.1. The van der Waals surface area contributed by atoms with Gasteiger partial charge in [0.2, 0.25) is 0 Å². The molecule has 0 radical (unpaired) electrons. The Bertz CT molecular complexity index is 454. The highest BCUT2D eigenvalue weighted by atomic mass is 19.3. The lowest BCUT2D eigenvalue weighted by atomic mass is 10.0. The van der Waals surface area contributed by atoms with E-state index in [1.54, 1.807) is 0 Å². The molecule has 0 amide bonds. The van der Waals surface area contributed by atoms with Gasteiger partial charge >= 0.3 is 0 Å². The largest absolute Gasteiger partial charge is 0.269 e. The lowest BCUT2D eigenvalue weighted by molar-refractivity contribution is 0.0679. The second kappa shape index (κ2) is 8.76. The fourth-order valence-electron chi connectivity index (χ4n) is 1.91. The molecule has 0 saturated heterocycles. The molecule has 0 aromatic rings. The van der Waals surface area contributed by atoms with Gasteiger partial charge in [-0.05, 0) is 32.6 Å². The third-order valence-electron chi connectivity index (χ3n) is 2.93. The standard InChI is InChI=1S/C19H28F2/c1-14(2)11-15(3)9-8-10-16(4)12-17(5)13-18(6)19(7,20)21/h8-10,13-14H,3,6,11-12H2,1-2,4-5,7H3/b9-8-,16-10+,17-13+. The molecule has 0 aliphatic rings. The Balaban J connectivity index is 4.55. The third-order valence-corrected chi connectivity index (χ3v) is 2.93. The molecule has 0 fully saturated rings. The van der Waals surface area contributed by atoms with Crippen LogP contribution in [0, 0.1) is 5.92 Å². The van der Waals surface area contributed by atoms with Crippen LogP contribution in [0.15, 0.2) is 59.8 Å². The topological polar surface area (TPSA) is 0 Å². The van der Waals surface area contributed by atoms with Gasteiger partial charge < -0.3 is 0 Å².